The van der Waals surface area contributed by atoms with Gasteiger partial charge in [-0.1, -0.05) is 30.0 Å². The average molecular weight is 415 g/mol. The van der Waals surface area contributed by atoms with Crippen LogP contribution in [-0.2, 0) is 22.4 Å². The Balaban J connectivity index is 1.68. The molecule has 146 valence electrons. The fraction of sp³-hybridized carbons (Fsp3) is 0.381. The molecule has 0 spiro atoms. The Kier molecular flexibility index (Phi) is 5.82. The molecular weight excluding hydrogens is 392 g/mol. The van der Waals surface area contributed by atoms with E-state index in [0.29, 0.717) is 30.4 Å². The molecule has 4 rings (SSSR count). The van der Waals surface area contributed by atoms with Crippen LogP contribution in [0, 0.1) is 0 Å². The van der Waals surface area contributed by atoms with Crippen LogP contribution in [0.2, 0.25) is 0 Å². The summed E-state index contributed by atoms with van der Waals surface area (Å²) in [6, 6.07) is 9.67. The largest absolute Gasteiger partial charge is 0.466 e. The Morgan fingerprint density at radius 3 is 2.89 bits per heavy atom. The lowest BCUT2D eigenvalue weighted by molar-refractivity contribution is -0.143. The third-order valence-corrected chi connectivity index (χ3v) is 6.99. The van der Waals surface area contributed by atoms with Crippen molar-refractivity contribution in [2.45, 2.75) is 44.2 Å². The molecule has 0 atom stereocenters. The highest BCUT2D eigenvalue weighted by Gasteiger charge is 2.23. The van der Waals surface area contributed by atoms with E-state index < -0.39 is 0 Å². The minimum absolute atomic E-state index is 0.0171. The van der Waals surface area contributed by atoms with Crippen LogP contribution in [-0.4, -0.2) is 27.9 Å². The predicted molar refractivity (Wildman–Crippen MR) is 114 cm³/mol. The zero-order valence-electron chi connectivity index (χ0n) is 15.8. The van der Waals surface area contributed by atoms with Crippen LogP contribution in [0.3, 0.4) is 0 Å². The van der Waals surface area contributed by atoms with Crippen molar-refractivity contribution < 1.29 is 9.53 Å². The van der Waals surface area contributed by atoms with Crippen molar-refractivity contribution in [3.63, 3.8) is 0 Å². The highest BCUT2D eigenvalue weighted by molar-refractivity contribution is 7.99. The third-order valence-electron chi connectivity index (χ3n) is 4.78. The summed E-state index contributed by atoms with van der Waals surface area (Å²) in [5.74, 6) is 0.524. The predicted octanol–water partition coefficient (Wildman–Crippen LogP) is 4.37. The Morgan fingerprint density at radius 1 is 1.29 bits per heavy atom. The van der Waals surface area contributed by atoms with E-state index in [1.54, 1.807) is 15.9 Å². The second-order valence-corrected chi connectivity index (χ2v) is 8.81. The lowest BCUT2D eigenvalue weighted by Gasteiger charge is -2.12. The first-order valence-electron chi connectivity index (χ1n) is 9.60. The quantitative estimate of drug-likeness (QED) is 0.249. The van der Waals surface area contributed by atoms with Gasteiger partial charge in [-0.25, -0.2) is 4.98 Å². The topological polar surface area (TPSA) is 61.2 Å². The molecule has 0 radical (unpaired) electrons. The van der Waals surface area contributed by atoms with Gasteiger partial charge in [-0.15, -0.1) is 11.3 Å². The summed E-state index contributed by atoms with van der Waals surface area (Å²) in [7, 11) is 0. The SMILES string of the molecule is CCOC(=O)CCCSc1nc2sc3c(c2c(=O)n1-c1ccccc1)CCC3. The number of aryl methyl sites for hydroxylation is 2. The number of carbonyl (C=O) groups is 1. The highest BCUT2D eigenvalue weighted by Crippen LogP contribution is 2.36. The molecule has 1 aliphatic carbocycles. The van der Waals surface area contributed by atoms with E-state index in [0.717, 1.165) is 35.2 Å². The molecule has 5 nitrogen and oxygen atoms in total. The number of aromatic nitrogens is 2. The molecule has 0 N–H and O–H groups in total. The minimum atomic E-state index is -0.179. The molecule has 2 heterocycles. The molecule has 0 amide bonds. The summed E-state index contributed by atoms with van der Waals surface area (Å²) < 4.78 is 6.71. The van der Waals surface area contributed by atoms with Crippen LogP contribution in [0.1, 0.15) is 36.6 Å². The van der Waals surface area contributed by atoms with Crippen molar-refractivity contribution in [2.24, 2.45) is 0 Å². The maximum absolute atomic E-state index is 13.4. The second-order valence-electron chi connectivity index (χ2n) is 6.67. The fourth-order valence-electron chi connectivity index (χ4n) is 3.54. The number of fused-ring (bicyclic) bond motifs is 3. The zero-order valence-corrected chi connectivity index (χ0v) is 17.4. The maximum Gasteiger partial charge on any atom is 0.305 e. The first-order valence-corrected chi connectivity index (χ1v) is 11.4. The van der Waals surface area contributed by atoms with Crippen molar-refractivity contribution >= 4 is 39.3 Å². The number of hydrogen-bond donors (Lipinski definition) is 0. The molecule has 0 unspecified atom stereocenters. The van der Waals surface area contributed by atoms with E-state index in [2.05, 4.69) is 0 Å². The standard InChI is InChI=1S/C21H22N2O3S2/c1-2-26-17(24)12-7-13-27-21-22-19-18(15-10-6-11-16(15)28-19)20(25)23(21)14-8-4-3-5-9-14/h3-5,8-9H,2,6-7,10-13H2,1H3. The average Bonchev–Trinajstić information content (AvgIpc) is 3.27. The molecule has 0 saturated carbocycles. The van der Waals surface area contributed by atoms with Crippen molar-refractivity contribution in [1.29, 1.82) is 0 Å². The summed E-state index contributed by atoms with van der Waals surface area (Å²) in [6.07, 6.45) is 4.20. The molecular formula is C21H22N2O3S2. The van der Waals surface area contributed by atoms with Crippen LogP contribution in [0.4, 0.5) is 0 Å². The van der Waals surface area contributed by atoms with Gasteiger partial charge in [-0.3, -0.25) is 14.2 Å². The zero-order chi connectivity index (χ0) is 19.5. The molecule has 1 aliphatic rings. The summed E-state index contributed by atoms with van der Waals surface area (Å²) in [5.41, 5.74) is 2.04. The van der Waals surface area contributed by atoms with E-state index in [1.165, 1.54) is 22.2 Å². The summed E-state index contributed by atoms with van der Waals surface area (Å²) in [5, 5.41) is 1.48. The Morgan fingerprint density at radius 2 is 2.11 bits per heavy atom. The first kappa shape index (κ1) is 19.2. The van der Waals surface area contributed by atoms with Crippen LogP contribution in [0.25, 0.3) is 15.9 Å². The van der Waals surface area contributed by atoms with Gasteiger partial charge in [-0.2, -0.15) is 0 Å². The van der Waals surface area contributed by atoms with Crippen LogP contribution in [0.15, 0.2) is 40.3 Å². The molecule has 0 aliphatic heterocycles. The number of hydrogen-bond acceptors (Lipinski definition) is 6. The van der Waals surface area contributed by atoms with Gasteiger partial charge in [0.2, 0.25) is 0 Å². The molecule has 2 aromatic heterocycles. The smallest absolute Gasteiger partial charge is 0.305 e. The van der Waals surface area contributed by atoms with Gasteiger partial charge in [0.05, 0.1) is 17.7 Å². The van der Waals surface area contributed by atoms with E-state index in [1.807, 2.05) is 37.3 Å². The number of thiophene rings is 1. The number of nitrogens with zero attached hydrogens (tertiary/aromatic N) is 2. The van der Waals surface area contributed by atoms with Gasteiger partial charge in [0.25, 0.3) is 5.56 Å². The first-order chi connectivity index (χ1) is 13.7. The maximum atomic E-state index is 13.4. The lowest BCUT2D eigenvalue weighted by Crippen LogP contribution is -2.22. The van der Waals surface area contributed by atoms with Crippen LogP contribution in [0.5, 0.6) is 0 Å². The number of carbonyl (C=O) groups excluding carboxylic acids is 1. The second kappa shape index (κ2) is 8.49. The Labute approximate surface area is 171 Å². The molecule has 28 heavy (non-hydrogen) atoms. The van der Waals surface area contributed by atoms with E-state index in [4.69, 9.17) is 9.72 Å². The molecule has 1 aromatic carbocycles. The van der Waals surface area contributed by atoms with Crippen molar-refractivity contribution in [3.8, 4) is 5.69 Å². The van der Waals surface area contributed by atoms with Gasteiger partial charge in [0.15, 0.2) is 5.16 Å². The number of thioether (sulfide) groups is 1. The van der Waals surface area contributed by atoms with Crippen molar-refractivity contribution in [2.75, 3.05) is 12.4 Å². The molecule has 0 saturated heterocycles. The summed E-state index contributed by atoms with van der Waals surface area (Å²) in [6.45, 7) is 2.21. The number of benzene rings is 1. The summed E-state index contributed by atoms with van der Waals surface area (Å²) in [4.78, 5) is 32.0. The molecule has 0 fully saturated rings. The van der Waals surface area contributed by atoms with Crippen LogP contribution >= 0.6 is 23.1 Å². The van der Waals surface area contributed by atoms with Crippen molar-refractivity contribution in [1.82, 2.24) is 9.55 Å². The fourth-order valence-corrected chi connectivity index (χ4v) is 5.79. The minimum Gasteiger partial charge on any atom is -0.466 e. The van der Waals surface area contributed by atoms with E-state index >= 15 is 0 Å². The molecule has 0 bridgehead atoms. The number of rotatable bonds is 7. The van der Waals surface area contributed by atoms with E-state index in [-0.39, 0.29) is 11.5 Å². The van der Waals surface area contributed by atoms with E-state index in [9.17, 15) is 9.59 Å². The lowest BCUT2D eigenvalue weighted by atomic mass is 10.2. The van der Waals surface area contributed by atoms with Gasteiger partial charge < -0.3 is 4.74 Å². The Bertz CT molecular complexity index is 1060. The highest BCUT2D eigenvalue weighted by atomic mass is 32.2. The third kappa shape index (κ3) is 3.73. The Hall–Kier alpha value is -2.12. The monoisotopic (exact) mass is 414 g/mol. The van der Waals surface area contributed by atoms with Crippen LogP contribution < -0.4 is 5.56 Å². The van der Waals surface area contributed by atoms with Gasteiger partial charge in [-0.05, 0) is 50.3 Å². The normalized spacial score (nSPS) is 13.0. The number of para-hydroxylation sites is 1. The summed E-state index contributed by atoms with van der Waals surface area (Å²) >= 11 is 3.18. The molecule has 3 aromatic rings. The van der Waals surface area contributed by atoms with Crippen molar-refractivity contribution in [3.05, 3.63) is 51.1 Å². The van der Waals surface area contributed by atoms with Gasteiger partial charge >= 0.3 is 5.97 Å². The number of ether oxygens (including phenoxy) is 1. The van der Waals surface area contributed by atoms with Gasteiger partial charge in [0.1, 0.15) is 4.83 Å². The number of esters is 1. The van der Waals surface area contributed by atoms with Gasteiger partial charge in [0, 0.05) is 17.1 Å². The molecule has 7 heteroatoms.